The minimum absolute atomic E-state index is 0.0915. The van der Waals surface area contributed by atoms with Crippen molar-refractivity contribution in [1.29, 1.82) is 0 Å². The van der Waals surface area contributed by atoms with E-state index in [-0.39, 0.29) is 22.8 Å². The molecule has 2 N–H and O–H groups in total. The number of hydrogen-bond donors (Lipinski definition) is 2. The Bertz CT molecular complexity index is 1110. The van der Waals surface area contributed by atoms with Gasteiger partial charge in [-0.15, -0.1) is 0 Å². The molecule has 0 spiro atoms. The fourth-order valence-electron chi connectivity index (χ4n) is 2.98. The Morgan fingerprint density at radius 3 is 2.31 bits per heavy atom. The lowest BCUT2D eigenvalue weighted by Gasteiger charge is -2.12. The van der Waals surface area contributed by atoms with E-state index in [9.17, 15) is 13.2 Å². The lowest BCUT2D eigenvalue weighted by molar-refractivity contribution is 0.0526. The largest absolute Gasteiger partial charge is 0.462 e. The highest BCUT2D eigenvalue weighted by Gasteiger charge is 2.28. The molecular weight excluding hydrogens is 456 g/mol. The van der Waals surface area contributed by atoms with Gasteiger partial charge in [0, 0.05) is 15.7 Å². The third-order valence-electron chi connectivity index (χ3n) is 4.33. The quantitative estimate of drug-likeness (QED) is 0.470. The molecule has 0 fully saturated rings. The van der Waals surface area contributed by atoms with E-state index in [1.165, 1.54) is 12.1 Å². The lowest BCUT2D eigenvalue weighted by atomic mass is 10.1. The van der Waals surface area contributed by atoms with Crippen LogP contribution in [0.3, 0.4) is 0 Å². The van der Waals surface area contributed by atoms with Crippen molar-refractivity contribution in [3.8, 4) is 11.3 Å². The molecule has 29 heavy (non-hydrogen) atoms. The molecule has 0 aliphatic carbocycles. The number of H-pyrrole nitrogens is 1. The van der Waals surface area contributed by atoms with Crippen molar-refractivity contribution in [1.82, 2.24) is 4.98 Å². The molecule has 0 saturated heterocycles. The summed E-state index contributed by atoms with van der Waals surface area (Å²) >= 11 is 3.30. The van der Waals surface area contributed by atoms with Gasteiger partial charge in [-0.25, -0.2) is 13.2 Å². The summed E-state index contributed by atoms with van der Waals surface area (Å²) in [6.45, 7) is 3.78. The van der Waals surface area contributed by atoms with Crippen LogP contribution in [0.4, 0.5) is 5.69 Å². The van der Waals surface area contributed by atoms with Gasteiger partial charge in [0.15, 0.2) is 0 Å². The Kier molecular flexibility index (Phi) is 6.44. The fraction of sp³-hybridized carbons (Fsp3) is 0.190. The molecule has 0 radical (unpaired) electrons. The maximum atomic E-state index is 13.0. The molecule has 1 heterocycles. The molecule has 8 heteroatoms. The van der Waals surface area contributed by atoms with Gasteiger partial charge in [-0.05, 0) is 37.6 Å². The van der Waals surface area contributed by atoms with E-state index in [0.717, 1.165) is 10.0 Å². The maximum Gasteiger partial charge on any atom is 0.342 e. The van der Waals surface area contributed by atoms with E-state index < -0.39 is 16.0 Å². The number of esters is 1. The summed E-state index contributed by atoms with van der Waals surface area (Å²) in [5.74, 6) is -0.573. The number of aryl methyl sites for hydroxylation is 1. The van der Waals surface area contributed by atoms with Crippen LogP contribution >= 0.6 is 15.9 Å². The standard InChI is InChI=1S/C21H21BrN2O4S/c1-3-17-18(21(25)28-4-2)20(19(23-17)14-8-6-5-7-9-14)24-29(26,27)16-12-10-15(22)11-13-16/h5-13,23-24H,3-4H2,1-2H3. The zero-order valence-corrected chi connectivity index (χ0v) is 18.4. The van der Waals surface area contributed by atoms with Crippen LogP contribution in [0.15, 0.2) is 64.0 Å². The molecular formula is C21H21BrN2O4S. The number of rotatable bonds is 7. The summed E-state index contributed by atoms with van der Waals surface area (Å²) < 4.78 is 34.6. The molecule has 0 amide bonds. The Morgan fingerprint density at radius 2 is 1.72 bits per heavy atom. The second-order valence-corrected chi connectivity index (χ2v) is 8.83. The van der Waals surface area contributed by atoms with E-state index in [1.54, 1.807) is 19.1 Å². The highest BCUT2D eigenvalue weighted by atomic mass is 79.9. The van der Waals surface area contributed by atoms with Crippen molar-refractivity contribution < 1.29 is 17.9 Å². The van der Waals surface area contributed by atoms with E-state index in [4.69, 9.17) is 4.74 Å². The van der Waals surface area contributed by atoms with Gasteiger partial charge >= 0.3 is 5.97 Å². The minimum Gasteiger partial charge on any atom is -0.462 e. The predicted molar refractivity (Wildman–Crippen MR) is 117 cm³/mol. The Hall–Kier alpha value is -2.58. The lowest BCUT2D eigenvalue weighted by Crippen LogP contribution is -2.16. The van der Waals surface area contributed by atoms with Crippen LogP contribution in [0.2, 0.25) is 0 Å². The molecule has 1 aromatic heterocycles. The topological polar surface area (TPSA) is 88.3 Å². The first-order valence-electron chi connectivity index (χ1n) is 9.13. The van der Waals surface area contributed by atoms with Crippen LogP contribution in [-0.2, 0) is 21.2 Å². The summed E-state index contributed by atoms with van der Waals surface area (Å²) in [6.07, 6.45) is 0.508. The van der Waals surface area contributed by atoms with Crippen LogP contribution < -0.4 is 4.72 Å². The van der Waals surface area contributed by atoms with Crippen molar-refractivity contribution in [3.05, 3.63) is 70.3 Å². The van der Waals surface area contributed by atoms with Crippen molar-refractivity contribution >= 4 is 37.6 Å². The van der Waals surface area contributed by atoms with Crippen molar-refractivity contribution in [3.63, 3.8) is 0 Å². The second kappa shape index (κ2) is 8.84. The van der Waals surface area contributed by atoms with Crippen molar-refractivity contribution in [2.24, 2.45) is 0 Å². The molecule has 0 aliphatic heterocycles. The summed E-state index contributed by atoms with van der Waals surface area (Å²) in [6, 6.07) is 15.5. The van der Waals surface area contributed by atoms with Gasteiger partial charge in [0.2, 0.25) is 0 Å². The molecule has 0 unspecified atom stereocenters. The maximum absolute atomic E-state index is 13.0. The van der Waals surface area contributed by atoms with Gasteiger partial charge in [0.05, 0.1) is 22.9 Å². The summed E-state index contributed by atoms with van der Waals surface area (Å²) in [5, 5.41) is 0. The summed E-state index contributed by atoms with van der Waals surface area (Å²) in [4.78, 5) is 16.0. The van der Waals surface area contributed by atoms with E-state index in [0.29, 0.717) is 17.8 Å². The van der Waals surface area contributed by atoms with E-state index >= 15 is 0 Å². The van der Waals surface area contributed by atoms with Crippen LogP contribution in [-0.4, -0.2) is 26.0 Å². The number of benzene rings is 2. The molecule has 3 aromatic rings. The van der Waals surface area contributed by atoms with Gasteiger partial charge in [-0.1, -0.05) is 53.2 Å². The number of nitrogens with one attached hydrogen (secondary N) is 2. The van der Waals surface area contributed by atoms with E-state index in [2.05, 4.69) is 25.6 Å². The second-order valence-electron chi connectivity index (χ2n) is 6.23. The Morgan fingerprint density at radius 1 is 1.07 bits per heavy atom. The van der Waals surface area contributed by atoms with Gasteiger partial charge in [0.25, 0.3) is 10.0 Å². The predicted octanol–water partition coefficient (Wildman–Crippen LogP) is 4.98. The highest BCUT2D eigenvalue weighted by molar-refractivity contribution is 9.10. The first kappa shape index (κ1) is 21.1. The van der Waals surface area contributed by atoms with Gasteiger partial charge in [-0.3, -0.25) is 4.72 Å². The first-order valence-corrected chi connectivity index (χ1v) is 11.4. The molecule has 3 rings (SSSR count). The Labute approximate surface area is 178 Å². The molecule has 0 aliphatic rings. The van der Waals surface area contributed by atoms with Crippen LogP contribution in [0.1, 0.15) is 29.9 Å². The summed E-state index contributed by atoms with van der Waals surface area (Å²) in [7, 11) is -3.93. The van der Waals surface area contributed by atoms with Crippen LogP contribution in [0.5, 0.6) is 0 Å². The number of sulfonamides is 1. The third-order valence-corrected chi connectivity index (χ3v) is 6.23. The molecule has 0 atom stereocenters. The average Bonchev–Trinajstić information content (AvgIpc) is 3.07. The van der Waals surface area contributed by atoms with Gasteiger partial charge in [0.1, 0.15) is 5.56 Å². The number of carbonyl (C=O) groups excluding carboxylic acids is 1. The third kappa shape index (κ3) is 4.54. The SMILES string of the molecule is CCOC(=O)c1c(CC)[nH]c(-c2ccccc2)c1NS(=O)(=O)c1ccc(Br)cc1. The number of halogens is 1. The fourth-order valence-corrected chi connectivity index (χ4v) is 4.33. The van der Waals surface area contributed by atoms with Crippen LogP contribution in [0.25, 0.3) is 11.3 Å². The molecule has 6 nitrogen and oxygen atoms in total. The molecule has 2 aromatic carbocycles. The minimum atomic E-state index is -3.93. The monoisotopic (exact) mass is 476 g/mol. The normalized spacial score (nSPS) is 11.3. The number of anilines is 1. The number of ether oxygens (including phenoxy) is 1. The van der Waals surface area contributed by atoms with Crippen molar-refractivity contribution in [2.45, 2.75) is 25.2 Å². The number of aromatic amines is 1. The molecule has 152 valence electrons. The number of carbonyl (C=O) groups is 1. The number of aromatic nitrogens is 1. The van der Waals surface area contributed by atoms with Crippen LogP contribution in [0, 0.1) is 0 Å². The average molecular weight is 477 g/mol. The smallest absolute Gasteiger partial charge is 0.342 e. The zero-order chi connectivity index (χ0) is 21.0. The van der Waals surface area contributed by atoms with Crippen molar-refractivity contribution in [2.75, 3.05) is 11.3 Å². The zero-order valence-electron chi connectivity index (χ0n) is 16.0. The van der Waals surface area contributed by atoms with E-state index in [1.807, 2.05) is 37.3 Å². The summed E-state index contributed by atoms with van der Waals surface area (Å²) in [5.41, 5.74) is 2.27. The Balaban J connectivity index is 2.17. The van der Waals surface area contributed by atoms with Gasteiger partial charge < -0.3 is 9.72 Å². The van der Waals surface area contributed by atoms with Gasteiger partial charge in [-0.2, -0.15) is 0 Å². The highest BCUT2D eigenvalue weighted by Crippen LogP contribution is 2.35. The molecule has 0 saturated carbocycles. The molecule has 0 bridgehead atoms. The number of hydrogen-bond acceptors (Lipinski definition) is 4. The first-order chi connectivity index (χ1) is 13.9.